The van der Waals surface area contributed by atoms with E-state index in [1.165, 1.54) is 30.6 Å². The van der Waals surface area contributed by atoms with Crippen molar-refractivity contribution in [2.24, 2.45) is 0 Å². The Balaban J connectivity index is 2.37. The number of halogens is 1. The SMILES string of the molecule is O=C(O)c1cc(Sc2ncc(Cl)cc2[N+](=O)[O-])ccn1. The van der Waals surface area contributed by atoms with E-state index in [0.717, 1.165) is 11.8 Å². The molecule has 0 spiro atoms. The molecule has 0 atom stereocenters. The molecule has 7 nitrogen and oxygen atoms in total. The molecule has 2 aromatic rings. The van der Waals surface area contributed by atoms with Gasteiger partial charge in [-0.25, -0.2) is 14.8 Å². The first-order valence-corrected chi connectivity index (χ1v) is 6.34. The van der Waals surface area contributed by atoms with Crippen LogP contribution in [-0.2, 0) is 0 Å². The Labute approximate surface area is 121 Å². The summed E-state index contributed by atoms with van der Waals surface area (Å²) >= 11 is 6.63. The second-order valence-electron chi connectivity index (χ2n) is 3.52. The highest BCUT2D eigenvalue weighted by molar-refractivity contribution is 7.99. The van der Waals surface area contributed by atoms with Gasteiger partial charge in [0.25, 0.3) is 0 Å². The van der Waals surface area contributed by atoms with Crippen molar-refractivity contribution in [1.82, 2.24) is 9.97 Å². The summed E-state index contributed by atoms with van der Waals surface area (Å²) in [4.78, 5) is 29.2. The molecular weight excluding hydrogens is 306 g/mol. The first-order valence-electron chi connectivity index (χ1n) is 5.14. The van der Waals surface area contributed by atoms with E-state index in [-0.39, 0.29) is 21.4 Å². The molecule has 0 amide bonds. The molecule has 2 aromatic heterocycles. The monoisotopic (exact) mass is 311 g/mol. The highest BCUT2D eigenvalue weighted by Gasteiger charge is 2.18. The summed E-state index contributed by atoms with van der Waals surface area (Å²) in [6.07, 6.45) is 2.60. The lowest BCUT2D eigenvalue weighted by atomic mass is 10.3. The van der Waals surface area contributed by atoms with Gasteiger partial charge >= 0.3 is 11.7 Å². The van der Waals surface area contributed by atoms with Crippen LogP contribution in [-0.4, -0.2) is 26.0 Å². The average molecular weight is 312 g/mol. The minimum absolute atomic E-state index is 0.127. The van der Waals surface area contributed by atoms with Crippen molar-refractivity contribution in [1.29, 1.82) is 0 Å². The molecule has 102 valence electrons. The standard InChI is InChI=1S/C11H6ClN3O4S/c12-6-3-9(15(18)19)10(14-5-6)20-7-1-2-13-8(4-7)11(16)17/h1-5H,(H,16,17). The van der Waals surface area contributed by atoms with Crippen LogP contribution in [0.3, 0.4) is 0 Å². The Morgan fingerprint density at radius 1 is 1.40 bits per heavy atom. The molecule has 2 rings (SSSR count). The molecule has 0 aliphatic carbocycles. The van der Waals surface area contributed by atoms with Gasteiger partial charge in [0.2, 0.25) is 0 Å². The second-order valence-corrected chi connectivity index (χ2v) is 5.02. The van der Waals surface area contributed by atoms with Crippen LogP contribution < -0.4 is 0 Å². The van der Waals surface area contributed by atoms with E-state index in [1.807, 2.05) is 0 Å². The van der Waals surface area contributed by atoms with Crippen LogP contribution in [0.2, 0.25) is 5.02 Å². The average Bonchev–Trinajstić information content (AvgIpc) is 2.41. The van der Waals surface area contributed by atoms with Crippen molar-refractivity contribution < 1.29 is 14.8 Å². The molecule has 0 aromatic carbocycles. The van der Waals surface area contributed by atoms with Crippen molar-refractivity contribution in [3.8, 4) is 0 Å². The van der Waals surface area contributed by atoms with E-state index < -0.39 is 10.9 Å². The smallest absolute Gasteiger partial charge is 0.354 e. The fraction of sp³-hybridized carbons (Fsp3) is 0. The number of aromatic carboxylic acids is 1. The number of pyridine rings is 2. The predicted molar refractivity (Wildman–Crippen MR) is 71.2 cm³/mol. The molecule has 0 aliphatic heterocycles. The minimum Gasteiger partial charge on any atom is -0.477 e. The Kier molecular flexibility index (Phi) is 4.16. The number of hydrogen-bond acceptors (Lipinski definition) is 6. The first-order chi connectivity index (χ1) is 9.47. The second kappa shape index (κ2) is 5.85. The zero-order valence-electron chi connectivity index (χ0n) is 9.69. The van der Waals surface area contributed by atoms with Gasteiger partial charge in [0.1, 0.15) is 5.69 Å². The van der Waals surface area contributed by atoms with Crippen molar-refractivity contribution in [3.05, 3.63) is 51.4 Å². The summed E-state index contributed by atoms with van der Waals surface area (Å²) in [5.74, 6) is -1.17. The van der Waals surface area contributed by atoms with Crippen LogP contribution in [0.5, 0.6) is 0 Å². The number of hydrogen-bond donors (Lipinski definition) is 1. The van der Waals surface area contributed by atoms with Gasteiger partial charge < -0.3 is 5.11 Å². The van der Waals surface area contributed by atoms with Crippen LogP contribution in [0, 0.1) is 10.1 Å². The lowest BCUT2D eigenvalue weighted by Crippen LogP contribution is -1.99. The summed E-state index contributed by atoms with van der Waals surface area (Å²) in [5.41, 5.74) is -0.386. The van der Waals surface area contributed by atoms with Crippen LogP contribution in [0.25, 0.3) is 0 Å². The molecule has 0 bridgehead atoms. The molecule has 20 heavy (non-hydrogen) atoms. The molecular formula is C11H6ClN3O4S. The van der Waals surface area contributed by atoms with Gasteiger partial charge in [0.05, 0.1) is 9.95 Å². The highest BCUT2D eigenvalue weighted by atomic mass is 35.5. The Morgan fingerprint density at radius 3 is 2.80 bits per heavy atom. The topological polar surface area (TPSA) is 106 Å². The van der Waals surface area contributed by atoms with Crippen LogP contribution in [0.15, 0.2) is 40.5 Å². The number of rotatable bonds is 4. The quantitative estimate of drug-likeness (QED) is 0.683. The molecule has 9 heteroatoms. The van der Waals surface area contributed by atoms with Gasteiger partial charge in [-0.05, 0) is 12.1 Å². The van der Waals surface area contributed by atoms with Gasteiger partial charge in [0.15, 0.2) is 5.03 Å². The Bertz CT molecular complexity index is 695. The number of carboxylic acids is 1. The number of nitro groups is 1. The van der Waals surface area contributed by atoms with Gasteiger partial charge in [-0.3, -0.25) is 10.1 Å². The van der Waals surface area contributed by atoms with Crippen molar-refractivity contribution in [2.75, 3.05) is 0 Å². The minimum atomic E-state index is -1.17. The third-order valence-corrected chi connectivity index (χ3v) is 3.36. The molecule has 0 aliphatic rings. The summed E-state index contributed by atoms with van der Waals surface area (Å²) in [5, 5.41) is 20.0. The molecule has 1 N–H and O–H groups in total. The van der Waals surface area contributed by atoms with Gasteiger partial charge in [-0.1, -0.05) is 23.4 Å². The molecule has 0 saturated carbocycles. The zero-order valence-corrected chi connectivity index (χ0v) is 11.3. The van der Waals surface area contributed by atoms with E-state index in [0.29, 0.717) is 4.90 Å². The fourth-order valence-corrected chi connectivity index (χ4v) is 2.35. The molecule has 0 fully saturated rings. The van der Waals surface area contributed by atoms with Crippen molar-refractivity contribution >= 4 is 35.0 Å². The number of nitrogens with zero attached hydrogens (tertiary/aromatic N) is 3. The third-order valence-electron chi connectivity index (χ3n) is 2.16. The van der Waals surface area contributed by atoms with E-state index in [2.05, 4.69) is 9.97 Å². The van der Waals surface area contributed by atoms with Crippen LogP contribution >= 0.6 is 23.4 Å². The maximum atomic E-state index is 10.9. The highest BCUT2D eigenvalue weighted by Crippen LogP contribution is 2.34. The van der Waals surface area contributed by atoms with Crippen molar-refractivity contribution in [3.63, 3.8) is 0 Å². The largest absolute Gasteiger partial charge is 0.477 e. The van der Waals surface area contributed by atoms with E-state index in [9.17, 15) is 14.9 Å². The van der Waals surface area contributed by atoms with Gasteiger partial charge in [-0.15, -0.1) is 0 Å². The van der Waals surface area contributed by atoms with Gasteiger partial charge in [-0.2, -0.15) is 0 Å². The fourth-order valence-electron chi connectivity index (χ4n) is 1.33. The lowest BCUT2D eigenvalue weighted by molar-refractivity contribution is -0.388. The van der Waals surface area contributed by atoms with Gasteiger partial charge in [0, 0.05) is 23.4 Å². The van der Waals surface area contributed by atoms with Crippen molar-refractivity contribution in [2.45, 2.75) is 9.92 Å². The molecule has 0 radical (unpaired) electrons. The first kappa shape index (κ1) is 14.2. The third kappa shape index (κ3) is 3.22. The number of aromatic nitrogens is 2. The zero-order chi connectivity index (χ0) is 14.7. The molecule has 0 saturated heterocycles. The molecule has 2 heterocycles. The van der Waals surface area contributed by atoms with Crippen LogP contribution in [0.4, 0.5) is 5.69 Å². The summed E-state index contributed by atoms with van der Waals surface area (Å²) in [7, 11) is 0. The summed E-state index contributed by atoms with van der Waals surface area (Å²) < 4.78 is 0. The number of carbonyl (C=O) groups is 1. The normalized spacial score (nSPS) is 10.2. The Hall–Kier alpha value is -2.19. The van der Waals surface area contributed by atoms with E-state index in [4.69, 9.17) is 16.7 Å². The summed E-state index contributed by atoms with van der Waals surface area (Å²) in [6.45, 7) is 0. The van der Waals surface area contributed by atoms with Crippen LogP contribution in [0.1, 0.15) is 10.5 Å². The summed E-state index contributed by atoms with van der Waals surface area (Å²) in [6, 6.07) is 4.04. The Morgan fingerprint density at radius 2 is 2.15 bits per heavy atom. The lowest BCUT2D eigenvalue weighted by Gasteiger charge is -2.03. The number of carboxylic acid groups (broad SMARTS) is 1. The van der Waals surface area contributed by atoms with E-state index in [1.54, 1.807) is 0 Å². The molecule has 0 unspecified atom stereocenters. The maximum absolute atomic E-state index is 10.9. The predicted octanol–water partition coefficient (Wildman–Crippen LogP) is 2.89. The van der Waals surface area contributed by atoms with E-state index >= 15 is 0 Å². The maximum Gasteiger partial charge on any atom is 0.354 e.